The van der Waals surface area contributed by atoms with Crippen molar-refractivity contribution in [2.75, 3.05) is 0 Å². The van der Waals surface area contributed by atoms with E-state index in [0.29, 0.717) is 6.54 Å². The molecule has 0 aliphatic heterocycles. The van der Waals surface area contributed by atoms with Crippen molar-refractivity contribution in [2.45, 2.75) is 33.4 Å². The molecule has 19 heavy (non-hydrogen) atoms. The molecule has 0 aromatic carbocycles. The highest BCUT2D eigenvalue weighted by Crippen LogP contribution is 2.19. The maximum Gasteiger partial charge on any atom is 0.326 e. The van der Waals surface area contributed by atoms with Crippen LogP contribution < -0.4 is 10.6 Å². The normalized spacial score (nSPS) is 12.8. The van der Waals surface area contributed by atoms with Crippen LogP contribution in [0.3, 0.4) is 0 Å². The zero-order chi connectivity index (χ0) is 14.6. The van der Waals surface area contributed by atoms with E-state index >= 15 is 0 Å². The lowest BCUT2D eigenvalue weighted by Gasteiger charge is -2.27. The summed E-state index contributed by atoms with van der Waals surface area (Å²) < 4.78 is 1.63. The van der Waals surface area contributed by atoms with Gasteiger partial charge in [-0.25, -0.2) is 9.59 Å². The zero-order valence-corrected chi connectivity index (χ0v) is 11.6. The number of aliphatic carboxylic acids is 1. The third kappa shape index (κ3) is 4.61. The van der Waals surface area contributed by atoms with E-state index in [2.05, 4.69) is 15.7 Å². The molecule has 1 aromatic rings. The Hall–Kier alpha value is -2.05. The molecule has 0 fully saturated rings. The van der Waals surface area contributed by atoms with Gasteiger partial charge in [-0.05, 0) is 5.41 Å². The van der Waals surface area contributed by atoms with E-state index in [9.17, 15) is 9.59 Å². The van der Waals surface area contributed by atoms with Gasteiger partial charge in [0, 0.05) is 25.4 Å². The van der Waals surface area contributed by atoms with E-state index in [1.54, 1.807) is 44.9 Å². The van der Waals surface area contributed by atoms with Gasteiger partial charge in [0.2, 0.25) is 0 Å². The molecule has 0 saturated carbocycles. The van der Waals surface area contributed by atoms with Crippen molar-refractivity contribution in [3.63, 3.8) is 0 Å². The fourth-order valence-corrected chi connectivity index (χ4v) is 1.58. The number of nitrogens with one attached hydrogen (secondary N) is 2. The fourth-order valence-electron chi connectivity index (χ4n) is 1.58. The van der Waals surface area contributed by atoms with Gasteiger partial charge in [0.1, 0.15) is 6.04 Å². The maximum absolute atomic E-state index is 11.7. The summed E-state index contributed by atoms with van der Waals surface area (Å²) in [7, 11) is 1.78. The number of amides is 2. The molecule has 0 bridgehead atoms. The standard InChI is InChI=1S/C12H20N4O3/c1-12(2,3)9(10(17)18)15-11(19)13-5-8-6-14-16(4)7-8/h6-7,9H,5H2,1-4H3,(H,17,18)(H2,13,15,19). The Morgan fingerprint density at radius 1 is 1.47 bits per heavy atom. The quantitative estimate of drug-likeness (QED) is 0.749. The Morgan fingerprint density at radius 2 is 2.11 bits per heavy atom. The van der Waals surface area contributed by atoms with Gasteiger partial charge >= 0.3 is 12.0 Å². The van der Waals surface area contributed by atoms with E-state index in [4.69, 9.17) is 5.11 Å². The Morgan fingerprint density at radius 3 is 2.53 bits per heavy atom. The molecule has 1 aromatic heterocycles. The number of urea groups is 1. The molecule has 1 unspecified atom stereocenters. The van der Waals surface area contributed by atoms with E-state index in [-0.39, 0.29) is 0 Å². The predicted molar refractivity (Wildman–Crippen MR) is 69.5 cm³/mol. The topological polar surface area (TPSA) is 96.2 Å². The lowest BCUT2D eigenvalue weighted by atomic mass is 9.87. The molecule has 0 aliphatic carbocycles. The largest absolute Gasteiger partial charge is 0.480 e. The van der Waals surface area contributed by atoms with Crippen LogP contribution >= 0.6 is 0 Å². The smallest absolute Gasteiger partial charge is 0.326 e. The van der Waals surface area contributed by atoms with E-state index < -0.39 is 23.5 Å². The van der Waals surface area contributed by atoms with Gasteiger partial charge in [0.15, 0.2) is 0 Å². The summed E-state index contributed by atoms with van der Waals surface area (Å²) in [6, 6.07) is -1.45. The molecule has 0 radical (unpaired) electrons. The van der Waals surface area contributed by atoms with E-state index in [1.807, 2.05) is 0 Å². The third-order valence-corrected chi connectivity index (χ3v) is 2.60. The number of nitrogens with zero attached hydrogens (tertiary/aromatic N) is 2. The van der Waals surface area contributed by atoms with Crippen molar-refractivity contribution >= 4 is 12.0 Å². The molecular weight excluding hydrogens is 248 g/mol. The van der Waals surface area contributed by atoms with Gasteiger partial charge in [0.25, 0.3) is 0 Å². The Kier molecular flexibility index (Phi) is 4.52. The second-order valence-electron chi connectivity index (χ2n) is 5.49. The molecule has 2 amide bonds. The van der Waals surface area contributed by atoms with Gasteiger partial charge in [-0.3, -0.25) is 4.68 Å². The lowest BCUT2D eigenvalue weighted by molar-refractivity contribution is -0.141. The molecule has 1 atom stereocenters. The lowest BCUT2D eigenvalue weighted by Crippen LogP contribution is -2.52. The molecule has 0 spiro atoms. The first kappa shape index (κ1) is 15.0. The number of aryl methyl sites for hydroxylation is 1. The molecule has 106 valence electrons. The van der Waals surface area contributed by atoms with Gasteiger partial charge < -0.3 is 15.7 Å². The SMILES string of the molecule is Cn1cc(CNC(=O)NC(C(=O)O)C(C)(C)C)cn1. The minimum absolute atomic E-state index is 0.302. The van der Waals surface area contributed by atoms with Crippen LogP contribution in [0.25, 0.3) is 0 Å². The maximum atomic E-state index is 11.7. The Balaban J connectivity index is 2.52. The Labute approximate surface area is 112 Å². The highest BCUT2D eigenvalue weighted by atomic mass is 16.4. The summed E-state index contributed by atoms with van der Waals surface area (Å²) in [5.74, 6) is -1.05. The zero-order valence-electron chi connectivity index (χ0n) is 11.6. The van der Waals surface area contributed by atoms with Crippen LogP contribution in [-0.2, 0) is 18.4 Å². The number of aromatic nitrogens is 2. The monoisotopic (exact) mass is 268 g/mol. The van der Waals surface area contributed by atoms with Crippen molar-refractivity contribution in [1.29, 1.82) is 0 Å². The van der Waals surface area contributed by atoms with Crippen molar-refractivity contribution in [1.82, 2.24) is 20.4 Å². The molecule has 1 rings (SSSR count). The first-order valence-corrected chi connectivity index (χ1v) is 5.95. The van der Waals surface area contributed by atoms with Crippen LogP contribution in [0.1, 0.15) is 26.3 Å². The van der Waals surface area contributed by atoms with E-state index in [1.165, 1.54) is 0 Å². The predicted octanol–water partition coefficient (Wildman–Crippen LogP) is 0.719. The molecule has 3 N–H and O–H groups in total. The van der Waals surface area contributed by atoms with Crippen LogP contribution in [0.4, 0.5) is 4.79 Å². The molecule has 0 aliphatic rings. The van der Waals surface area contributed by atoms with Gasteiger partial charge in [-0.1, -0.05) is 20.8 Å². The van der Waals surface area contributed by atoms with Crippen LogP contribution in [0, 0.1) is 5.41 Å². The molecule has 7 nitrogen and oxygen atoms in total. The summed E-state index contributed by atoms with van der Waals surface area (Å²) in [5, 5.41) is 18.1. The molecular formula is C12H20N4O3. The van der Waals surface area contributed by atoms with Crippen LogP contribution in [0.2, 0.25) is 0 Å². The number of rotatable bonds is 4. The summed E-state index contributed by atoms with van der Waals surface area (Å²) in [5.41, 5.74) is 0.289. The average molecular weight is 268 g/mol. The number of carboxylic acid groups (broad SMARTS) is 1. The number of carbonyl (C=O) groups excluding carboxylic acids is 1. The van der Waals surface area contributed by atoms with Crippen LogP contribution in [0.5, 0.6) is 0 Å². The number of hydrogen-bond donors (Lipinski definition) is 3. The first-order valence-electron chi connectivity index (χ1n) is 5.95. The van der Waals surface area contributed by atoms with Crippen molar-refractivity contribution in [2.24, 2.45) is 12.5 Å². The second-order valence-corrected chi connectivity index (χ2v) is 5.49. The average Bonchev–Trinajstić information content (AvgIpc) is 2.67. The van der Waals surface area contributed by atoms with Crippen LogP contribution in [-0.4, -0.2) is 32.9 Å². The minimum Gasteiger partial charge on any atom is -0.480 e. The fraction of sp³-hybridized carbons (Fsp3) is 0.583. The molecule has 1 heterocycles. The summed E-state index contributed by atoms with van der Waals surface area (Å²) in [4.78, 5) is 22.8. The second kappa shape index (κ2) is 5.73. The summed E-state index contributed by atoms with van der Waals surface area (Å²) in [6.07, 6.45) is 3.41. The highest BCUT2D eigenvalue weighted by molar-refractivity contribution is 5.83. The summed E-state index contributed by atoms with van der Waals surface area (Å²) >= 11 is 0. The third-order valence-electron chi connectivity index (χ3n) is 2.60. The number of carbonyl (C=O) groups is 2. The van der Waals surface area contributed by atoms with Crippen molar-refractivity contribution < 1.29 is 14.7 Å². The van der Waals surface area contributed by atoms with Crippen molar-refractivity contribution in [3.05, 3.63) is 18.0 Å². The van der Waals surface area contributed by atoms with Crippen LogP contribution in [0.15, 0.2) is 12.4 Å². The number of carboxylic acids is 1. The summed E-state index contributed by atoms with van der Waals surface area (Å²) in [6.45, 7) is 5.57. The Bertz CT molecular complexity index is 462. The van der Waals surface area contributed by atoms with Gasteiger partial charge in [0.05, 0.1) is 6.20 Å². The first-order chi connectivity index (χ1) is 8.70. The molecule has 7 heteroatoms. The highest BCUT2D eigenvalue weighted by Gasteiger charge is 2.32. The number of hydrogen-bond acceptors (Lipinski definition) is 3. The van der Waals surface area contributed by atoms with Gasteiger partial charge in [-0.15, -0.1) is 0 Å². The molecule has 0 saturated heterocycles. The van der Waals surface area contributed by atoms with E-state index in [0.717, 1.165) is 5.56 Å². The van der Waals surface area contributed by atoms with Gasteiger partial charge in [-0.2, -0.15) is 5.10 Å². The van der Waals surface area contributed by atoms with Crippen molar-refractivity contribution in [3.8, 4) is 0 Å². The minimum atomic E-state index is -1.05.